The van der Waals surface area contributed by atoms with Crippen LogP contribution in [0.5, 0.6) is 0 Å². The average Bonchev–Trinajstić information content (AvgIpc) is 1.66. The quantitative estimate of drug-likeness (QED) is 0.0166. The number of carboxylic acid groups (broad SMARTS) is 5. The summed E-state index contributed by atoms with van der Waals surface area (Å²) in [6, 6.07) is -25.4. The molecule has 20 atom stereocenters. The van der Waals surface area contributed by atoms with Gasteiger partial charge in [-0.2, -0.15) is 0 Å². The lowest BCUT2D eigenvalue weighted by Gasteiger charge is -2.29. The Morgan fingerprint density at radius 2 is 0.687 bits per heavy atom. The highest BCUT2D eigenvalue weighted by Crippen LogP contribution is 2.21. The molecular formula is C92H149N25O33. The van der Waals surface area contributed by atoms with Crippen LogP contribution in [0.3, 0.4) is 0 Å². The van der Waals surface area contributed by atoms with E-state index in [-0.39, 0.29) is 51.6 Å². The molecule has 58 nitrogen and oxygen atoms in total. The van der Waals surface area contributed by atoms with Crippen molar-refractivity contribution in [3.05, 3.63) is 36.0 Å². The molecule has 150 heavy (non-hydrogen) atoms. The standard InChI is InChI=1S/C92H149N25O33/c1-40(2)32-57(108-79(137)56(26-29-66(127)128)107-89(147)70(43(7)8)115-90(148)72(48(14)121)117-87(145)68(94)41(3)4)81(139)102-46(12)74(132)103-54(24-27-64(123)124)78(136)105-55(25-28-65(125)126)80(138)112-61(38-119)84(142)104-53(23-19-31-97-92(95)96)77(135)100-45(11)73(131)99-36-63(122)114-69(42(5)6)88(146)106-52(22-17-18-30-93)76(134)101-47(13)75(133)111-60(37-118)86(144)113-62(39-120)85(143)110-59(34-67(129)130)82(140)109-58(83(141)116-71(44(9)10)91(149)150)33-49-35-98-51-21-16-15-20-50(49)51/h15-16,20-21,35,40-48,52-62,68-72,98,118-121H,17-19,22-34,36-39,93-94H2,1-14H3,(H,99,131)(H,100,135)(H,101,134)(H,102,139)(H,103,132)(H,104,142)(H,105,136)(H,106,146)(H,107,147)(H,108,137)(H,109,140)(H,110,143)(H,111,133)(H,112,138)(H,113,144)(H,114,122)(H,115,148)(H,116,141)(H,117,145)(H,123,124)(H,125,126)(H,127,128)(H,129,130)(H,149,150)(H4,95,96,97)/t45-,46-,47-,48+,52-,53-,54-,55-,56-,57-,58-,59-,60-,61-,62-,68-,69-,70-,71-,72-/m0/s1. The van der Waals surface area contributed by atoms with Gasteiger partial charge in [0.1, 0.15) is 109 Å². The molecular weight excluding hydrogens is 1980 g/mol. The molecule has 0 fully saturated rings. The molecule has 2 rings (SSSR count). The third-order valence-electron chi connectivity index (χ3n) is 23.1. The van der Waals surface area contributed by atoms with E-state index in [2.05, 4.69) is 111 Å². The number of amides is 19. The lowest BCUT2D eigenvalue weighted by atomic mass is 9.99. The number of hydrogen-bond acceptors (Lipinski definition) is 31. The van der Waals surface area contributed by atoms with Crippen LogP contribution in [0.1, 0.15) is 186 Å². The largest absolute Gasteiger partial charge is 0.481 e. The zero-order chi connectivity index (χ0) is 114. The number of nitrogens with two attached hydrogens (primary N) is 3. The van der Waals surface area contributed by atoms with Crippen molar-refractivity contribution < 1.29 is 161 Å². The van der Waals surface area contributed by atoms with Crippen LogP contribution in [0.4, 0.5) is 0 Å². The van der Waals surface area contributed by atoms with Crippen LogP contribution in [0, 0.1) is 35.0 Å². The van der Waals surface area contributed by atoms with E-state index in [0.717, 1.165) is 20.8 Å². The van der Waals surface area contributed by atoms with Crippen molar-refractivity contribution in [2.45, 2.75) is 308 Å². The minimum atomic E-state index is -2.08. The van der Waals surface area contributed by atoms with E-state index in [1.165, 1.54) is 54.7 Å². The first kappa shape index (κ1) is 131. The van der Waals surface area contributed by atoms with E-state index in [1.54, 1.807) is 52.0 Å². The van der Waals surface area contributed by atoms with Gasteiger partial charge in [0, 0.05) is 49.3 Å². The summed E-state index contributed by atoms with van der Waals surface area (Å²) in [5, 5.41) is 145. The van der Waals surface area contributed by atoms with E-state index in [4.69, 9.17) is 22.6 Å². The topological polar surface area (TPSA) is 950 Å². The highest BCUT2D eigenvalue weighted by molar-refractivity contribution is 6.03. The van der Waals surface area contributed by atoms with Crippen LogP contribution in [0.2, 0.25) is 0 Å². The number of carboxylic acids is 5. The Bertz CT molecular complexity index is 5020. The van der Waals surface area contributed by atoms with Gasteiger partial charge in [0.15, 0.2) is 5.96 Å². The van der Waals surface area contributed by atoms with Crippen LogP contribution in [0.25, 0.3) is 10.9 Å². The monoisotopic (exact) mass is 2130 g/mol. The van der Waals surface area contributed by atoms with Crippen LogP contribution in [-0.2, 0) is 121 Å². The molecule has 37 N–H and O–H groups in total. The second-order valence-electron chi connectivity index (χ2n) is 37.6. The first-order valence-electron chi connectivity index (χ1n) is 48.6. The maximum absolute atomic E-state index is 14.2. The van der Waals surface area contributed by atoms with E-state index >= 15 is 0 Å². The molecule has 0 spiro atoms. The lowest BCUT2D eigenvalue weighted by Crippen LogP contribution is -2.62. The van der Waals surface area contributed by atoms with E-state index < -0.39 is 370 Å². The number of aliphatic hydroxyl groups excluding tert-OH is 4. The van der Waals surface area contributed by atoms with Crippen LogP contribution in [-0.4, -0.2) is 359 Å². The number of carbonyl (C=O) groups is 24. The van der Waals surface area contributed by atoms with E-state index in [9.17, 15) is 161 Å². The third kappa shape index (κ3) is 46.6. The van der Waals surface area contributed by atoms with E-state index in [1.807, 2.05) is 0 Å². The second-order valence-corrected chi connectivity index (χ2v) is 37.6. The fourth-order valence-corrected chi connectivity index (χ4v) is 14.3. The first-order valence-corrected chi connectivity index (χ1v) is 48.6. The second kappa shape index (κ2) is 65.7. The van der Waals surface area contributed by atoms with Crippen molar-refractivity contribution >= 4 is 159 Å². The molecule has 0 aliphatic rings. The highest BCUT2D eigenvalue weighted by Gasteiger charge is 2.42. The maximum atomic E-state index is 14.2. The Morgan fingerprint density at radius 1 is 0.347 bits per heavy atom. The molecule has 0 radical (unpaired) electrons. The predicted octanol–water partition coefficient (Wildman–Crippen LogP) is -10.5. The van der Waals surface area contributed by atoms with Crippen molar-refractivity contribution in [3.8, 4) is 0 Å². The number of aliphatic carboxylic acids is 5. The lowest BCUT2D eigenvalue weighted by molar-refractivity contribution is -0.144. The zero-order valence-corrected chi connectivity index (χ0v) is 86.0. The SMILES string of the molecule is CC(C)C[C@H](NC(=O)[C@H](CCC(=O)O)NC(=O)[C@@H](NC(=O)[C@@H](NC(=O)[C@@H](N)C(C)C)[C@@H](C)O)C(C)C)C(=O)N[C@@H](C)C(=O)N[C@@H](CCC(=O)O)C(=O)N[C@@H](CCC(=O)O)C(=O)N[C@@H](CO)C(=O)N[C@@H](CCCNC(=N)N)C(=O)N[C@@H](C)C(=O)NCC(=O)N[C@H](C(=O)N[C@@H](CCCCN)C(=O)N[C@@H](C)C(=O)N[C@@H](CO)C(=O)N[C@@H](CO)C(=O)N[C@@H](CC(=O)O)C(=O)N[C@@H](Cc1c[nH]c2ccccc12)C(=O)N[C@H](C(=O)O)C(C)C)C(C)C. The molecule has 58 heteroatoms. The molecule has 0 saturated carbocycles. The number of H-pyrrole nitrogens is 1. The Labute approximate surface area is 863 Å². The average molecular weight is 2130 g/mol. The highest BCUT2D eigenvalue weighted by atomic mass is 16.4. The van der Waals surface area contributed by atoms with Gasteiger partial charge in [-0.15, -0.1) is 0 Å². The van der Waals surface area contributed by atoms with Crippen LogP contribution < -0.4 is 124 Å². The number of unbranched alkanes of at least 4 members (excludes halogenated alkanes) is 1. The van der Waals surface area contributed by atoms with Crippen molar-refractivity contribution in [1.82, 2.24) is 111 Å². The van der Waals surface area contributed by atoms with Crippen molar-refractivity contribution in [2.75, 3.05) is 39.5 Å². The van der Waals surface area contributed by atoms with Crippen molar-refractivity contribution in [2.24, 2.45) is 46.8 Å². The number of aliphatic hydroxyl groups is 4. The van der Waals surface area contributed by atoms with Crippen molar-refractivity contribution in [3.63, 3.8) is 0 Å². The smallest absolute Gasteiger partial charge is 0.326 e. The Hall–Kier alpha value is -14.9. The number of para-hydroxylation sites is 1. The Balaban J connectivity index is 2.32. The molecule has 0 saturated heterocycles. The fraction of sp³-hybridized carbons (Fsp3) is 0.641. The van der Waals surface area contributed by atoms with Gasteiger partial charge < -0.3 is 174 Å². The molecule has 1 aromatic heterocycles. The van der Waals surface area contributed by atoms with Crippen LogP contribution >= 0.6 is 0 Å². The molecule has 1 heterocycles. The number of rotatable bonds is 70. The number of aromatic amines is 1. The van der Waals surface area contributed by atoms with Crippen molar-refractivity contribution in [1.29, 1.82) is 5.41 Å². The third-order valence-corrected chi connectivity index (χ3v) is 23.1. The minimum absolute atomic E-state index is 0.0877. The Kier molecular flexibility index (Phi) is 57.4. The summed E-state index contributed by atoms with van der Waals surface area (Å²) < 4.78 is 0. The first-order chi connectivity index (χ1) is 70.1. The summed E-state index contributed by atoms with van der Waals surface area (Å²) in [5.74, 6) is -33.0. The molecule has 840 valence electrons. The summed E-state index contributed by atoms with van der Waals surface area (Å²) in [5.41, 5.74) is 18.2. The minimum Gasteiger partial charge on any atom is -0.481 e. The Morgan fingerprint density at radius 3 is 1.09 bits per heavy atom. The normalized spacial score (nSPS) is 15.3. The van der Waals surface area contributed by atoms with E-state index in [0.29, 0.717) is 22.9 Å². The molecule has 0 aliphatic carbocycles. The number of aromatic nitrogens is 1. The van der Waals surface area contributed by atoms with Gasteiger partial charge in [0.05, 0.1) is 44.9 Å². The fourth-order valence-electron chi connectivity index (χ4n) is 14.3. The zero-order valence-electron chi connectivity index (χ0n) is 86.0. The summed E-state index contributed by atoms with van der Waals surface area (Å²) in [4.78, 5) is 326. The van der Waals surface area contributed by atoms with Gasteiger partial charge >= 0.3 is 29.8 Å². The van der Waals surface area contributed by atoms with Gasteiger partial charge in [-0.05, 0) is 133 Å². The molecule has 0 aliphatic heterocycles. The summed E-state index contributed by atoms with van der Waals surface area (Å²) in [7, 11) is 0. The number of hydrogen-bond donors (Lipinski definition) is 34. The number of carbonyl (C=O) groups excluding carboxylic acids is 19. The molecule has 19 amide bonds. The molecule has 1 aromatic carbocycles. The van der Waals surface area contributed by atoms with Gasteiger partial charge in [-0.3, -0.25) is 116 Å². The number of guanidine groups is 1. The maximum Gasteiger partial charge on any atom is 0.326 e. The molecule has 0 unspecified atom stereocenters. The summed E-state index contributed by atoms with van der Waals surface area (Å²) in [6.07, 6.45) is -6.43. The van der Waals surface area contributed by atoms with Gasteiger partial charge in [0.2, 0.25) is 112 Å². The van der Waals surface area contributed by atoms with Gasteiger partial charge in [-0.25, -0.2) is 4.79 Å². The number of benzene rings is 1. The number of fused-ring (bicyclic) bond motifs is 1. The molecule has 0 bridgehead atoms. The summed E-state index contributed by atoms with van der Waals surface area (Å²) >= 11 is 0. The predicted molar refractivity (Wildman–Crippen MR) is 529 cm³/mol. The van der Waals surface area contributed by atoms with Crippen LogP contribution in [0.15, 0.2) is 30.5 Å². The summed E-state index contributed by atoms with van der Waals surface area (Å²) in [6.45, 7) is 15.3. The van der Waals surface area contributed by atoms with Gasteiger partial charge in [-0.1, -0.05) is 87.4 Å². The number of nitrogens with one attached hydrogen (secondary N) is 22. The molecule has 2 aromatic rings. The van der Waals surface area contributed by atoms with Gasteiger partial charge in [0.25, 0.3) is 0 Å².